The van der Waals surface area contributed by atoms with Crippen molar-refractivity contribution in [3.8, 4) is 17.2 Å². The van der Waals surface area contributed by atoms with Gasteiger partial charge in [-0.1, -0.05) is 15.9 Å². The molecular weight excluding hydrogens is 394 g/mol. The van der Waals surface area contributed by atoms with Crippen molar-refractivity contribution in [3.63, 3.8) is 0 Å². The van der Waals surface area contributed by atoms with Crippen molar-refractivity contribution < 1.29 is 19.0 Å². The number of carbonyl (C=O) groups is 1. The van der Waals surface area contributed by atoms with Crippen LogP contribution in [0.5, 0.6) is 17.2 Å². The van der Waals surface area contributed by atoms with Crippen LogP contribution in [0, 0.1) is 0 Å². The molecule has 7 heteroatoms. The van der Waals surface area contributed by atoms with Gasteiger partial charge < -0.3 is 19.5 Å². The zero-order chi connectivity index (χ0) is 16.8. The molecule has 1 N–H and O–H groups in total. The molecule has 0 saturated carbocycles. The molecule has 0 unspecified atom stereocenters. The summed E-state index contributed by atoms with van der Waals surface area (Å²) >= 11 is 4.91. The highest BCUT2D eigenvalue weighted by molar-refractivity contribution is 9.10. The molecule has 0 fully saturated rings. The summed E-state index contributed by atoms with van der Waals surface area (Å²) in [6.45, 7) is 0.782. The van der Waals surface area contributed by atoms with Gasteiger partial charge in [0, 0.05) is 22.0 Å². The zero-order valence-corrected chi connectivity index (χ0v) is 15.2. The highest BCUT2D eigenvalue weighted by Gasteiger charge is 2.14. The largest absolute Gasteiger partial charge is 0.493 e. The predicted octanol–water partition coefficient (Wildman–Crippen LogP) is 3.93. The minimum Gasteiger partial charge on any atom is -0.493 e. The molecular formula is C17H16BrNO4S. The Kier molecular flexibility index (Phi) is 5.87. The van der Waals surface area contributed by atoms with E-state index < -0.39 is 0 Å². The van der Waals surface area contributed by atoms with E-state index in [0.29, 0.717) is 29.5 Å². The van der Waals surface area contributed by atoms with E-state index in [1.807, 2.05) is 24.3 Å². The molecule has 0 aromatic heterocycles. The summed E-state index contributed by atoms with van der Waals surface area (Å²) < 4.78 is 17.1. The van der Waals surface area contributed by atoms with Crippen molar-refractivity contribution in [1.82, 2.24) is 0 Å². The smallest absolute Gasteiger partial charge is 0.234 e. The number of nitrogens with one attached hydrogen (secondary N) is 1. The molecule has 126 valence electrons. The molecule has 24 heavy (non-hydrogen) atoms. The number of hydrogen-bond donors (Lipinski definition) is 1. The first kappa shape index (κ1) is 17.0. The SMILES string of the molecule is O=C(CSCCOc1ccc(Br)cc1)Nc1ccc2c(c1)OCO2. The lowest BCUT2D eigenvalue weighted by Gasteiger charge is -2.07. The molecule has 1 heterocycles. The van der Waals surface area contributed by atoms with Gasteiger partial charge >= 0.3 is 0 Å². The summed E-state index contributed by atoms with van der Waals surface area (Å²) in [6.07, 6.45) is 0. The number of anilines is 1. The standard InChI is InChI=1S/C17H16BrNO4S/c18-12-1-4-14(5-2-12)21-7-8-24-10-17(20)19-13-3-6-15-16(9-13)23-11-22-15/h1-6,9H,7-8,10-11H2,(H,19,20). The third-order valence-corrected chi connectivity index (χ3v) is 4.65. The second-order valence-electron chi connectivity index (χ2n) is 4.97. The fourth-order valence-electron chi connectivity index (χ4n) is 2.09. The van der Waals surface area contributed by atoms with Crippen LogP contribution in [-0.4, -0.2) is 30.8 Å². The molecule has 0 aliphatic carbocycles. The Labute approximate surface area is 152 Å². The first-order valence-electron chi connectivity index (χ1n) is 7.36. The van der Waals surface area contributed by atoms with E-state index in [4.69, 9.17) is 14.2 Å². The molecule has 1 aliphatic rings. The Bertz CT molecular complexity index is 708. The summed E-state index contributed by atoms with van der Waals surface area (Å²) in [5.41, 5.74) is 0.705. The number of ether oxygens (including phenoxy) is 3. The predicted molar refractivity (Wildman–Crippen MR) is 98.2 cm³/mol. The van der Waals surface area contributed by atoms with Gasteiger partial charge in [-0.05, 0) is 36.4 Å². The normalized spacial score (nSPS) is 12.0. The van der Waals surface area contributed by atoms with E-state index in [-0.39, 0.29) is 12.7 Å². The number of halogens is 1. The lowest BCUT2D eigenvalue weighted by molar-refractivity contribution is -0.113. The van der Waals surface area contributed by atoms with Gasteiger partial charge in [0.05, 0.1) is 12.4 Å². The first-order valence-corrected chi connectivity index (χ1v) is 9.31. The van der Waals surface area contributed by atoms with Crippen molar-refractivity contribution in [1.29, 1.82) is 0 Å². The van der Waals surface area contributed by atoms with Crippen LogP contribution in [0.3, 0.4) is 0 Å². The van der Waals surface area contributed by atoms with E-state index in [1.54, 1.807) is 18.2 Å². The molecule has 0 spiro atoms. The highest BCUT2D eigenvalue weighted by Crippen LogP contribution is 2.34. The molecule has 0 radical (unpaired) electrons. The van der Waals surface area contributed by atoms with Crippen molar-refractivity contribution >= 4 is 39.3 Å². The van der Waals surface area contributed by atoms with E-state index in [0.717, 1.165) is 16.0 Å². The van der Waals surface area contributed by atoms with E-state index in [9.17, 15) is 4.79 Å². The number of amides is 1. The van der Waals surface area contributed by atoms with Crippen LogP contribution in [0.25, 0.3) is 0 Å². The van der Waals surface area contributed by atoms with E-state index in [2.05, 4.69) is 21.2 Å². The summed E-state index contributed by atoms with van der Waals surface area (Å²) in [7, 11) is 0. The maximum Gasteiger partial charge on any atom is 0.234 e. The van der Waals surface area contributed by atoms with Gasteiger partial charge in [-0.2, -0.15) is 0 Å². The molecule has 0 saturated heterocycles. The third-order valence-electron chi connectivity index (χ3n) is 3.20. The molecule has 2 aromatic carbocycles. The fraction of sp³-hybridized carbons (Fsp3) is 0.235. The van der Waals surface area contributed by atoms with Crippen LogP contribution >= 0.6 is 27.7 Å². The number of thioether (sulfide) groups is 1. The summed E-state index contributed by atoms with van der Waals surface area (Å²) in [6, 6.07) is 13.0. The maximum atomic E-state index is 11.9. The average molecular weight is 410 g/mol. The van der Waals surface area contributed by atoms with Crippen LogP contribution in [0.4, 0.5) is 5.69 Å². The van der Waals surface area contributed by atoms with Crippen LogP contribution in [-0.2, 0) is 4.79 Å². The molecule has 5 nitrogen and oxygen atoms in total. The Morgan fingerprint density at radius 2 is 1.96 bits per heavy atom. The molecule has 1 amide bonds. The number of rotatable bonds is 7. The minimum atomic E-state index is -0.0532. The minimum absolute atomic E-state index is 0.0532. The van der Waals surface area contributed by atoms with Gasteiger partial charge in [0.1, 0.15) is 5.75 Å². The van der Waals surface area contributed by atoms with Crippen molar-refractivity contribution in [2.75, 3.05) is 30.2 Å². The lowest BCUT2D eigenvalue weighted by Crippen LogP contribution is -2.15. The topological polar surface area (TPSA) is 56.8 Å². The van der Waals surface area contributed by atoms with Crippen LogP contribution in [0.2, 0.25) is 0 Å². The highest BCUT2D eigenvalue weighted by atomic mass is 79.9. The quantitative estimate of drug-likeness (QED) is 0.702. The second kappa shape index (κ2) is 8.30. The van der Waals surface area contributed by atoms with Crippen LogP contribution < -0.4 is 19.5 Å². The lowest BCUT2D eigenvalue weighted by atomic mass is 10.3. The number of benzene rings is 2. The molecule has 0 bridgehead atoms. The Hall–Kier alpha value is -1.86. The Balaban J connectivity index is 1.34. The van der Waals surface area contributed by atoms with Crippen LogP contribution in [0.15, 0.2) is 46.9 Å². The summed E-state index contributed by atoms with van der Waals surface area (Å²) in [5.74, 6) is 3.24. The number of fused-ring (bicyclic) bond motifs is 1. The Morgan fingerprint density at radius 3 is 2.79 bits per heavy atom. The number of carbonyl (C=O) groups excluding carboxylic acids is 1. The van der Waals surface area contributed by atoms with Gasteiger partial charge in [0.2, 0.25) is 12.7 Å². The fourth-order valence-corrected chi connectivity index (χ4v) is 2.95. The Morgan fingerprint density at radius 1 is 1.17 bits per heavy atom. The average Bonchev–Trinajstić information content (AvgIpc) is 3.04. The summed E-state index contributed by atoms with van der Waals surface area (Å²) in [5, 5.41) is 2.85. The third kappa shape index (κ3) is 4.82. The van der Waals surface area contributed by atoms with Gasteiger partial charge in [-0.25, -0.2) is 0 Å². The van der Waals surface area contributed by atoms with Crippen molar-refractivity contribution in [2.24, 2.45) is 0 Å². The van der Waals surface area contributed by atoms with Gasteiger partial charge in [-0.3, -0.25) is 4.79 Å². The molecule has 2 aromatic rings. The zero-order valence-electron chi connectivity index (χ0n) is 12.8. The maximum absolute atomic E-state index is 11.9. The molecule has 0 atom stereocenters. The molecule has 1 aliphatic heterocycles. The van der Waals surface area contributed by atoms with Crippen molar-refractivity contribution in [2.45, 2.75) is 0 Å². The molecule has 3 rings (SSSR count). The summed E-state index contributed by atoms with van der Waals surface area (Å²) in [4.78, 5) is 11.9. The first-order chi connectivity index (χ1) is 11.7. The van der Waals surface area contributed by atoms with Gasteiger partial charge in [0.25, 0.3) is 0 Å². The van der Waals surface area contributed by atoms with Crippen LogP contribution in [0.1, 0.15) is 0 Å². The van der Waals surface area contributed by atoms with Gasteiger partial charge in [-0.15, -0.1) is 11.8 Å². The van der Waals surface area contributed by atoms with E-state index >= 15 is 0 Å². The second-order valence-corrected chi connectivity index (χ2v) is 6.99. The van der Waals surface area contributed by atoms with E-state index in [1.165, 1.54) is 11.8 Å². The number of hydrogen-bond acceptors (Lipinski definition) is 5. The van der Waals surface area contributed by atoms with Crippen molar-refractivity contribution in [3.05, 3.63) is 46.9 Å². The monoisotopic (exact) mass is 409 g/mol. The van der Waals surface area contributed by atoms with Gasteiger partial charge in [0.15, 0.2) is 11.5 Å².